The molecule has 0 atom stereocenters. The first-order valence-corrected chi connectivity index (χ1v) is 4.92. The van der Waals surface area contributed by atoms with E-state index in [1.807, 2.05) is 20.8 Å². The molecular weight excluding hydrogens is 194 g/mol. The molecule has 0 aromatic rings. The molecule has 4 heteroatoms. The van der Waals surface area contributed by atoms with Crippen LogP contribution in [0.2, 0.25) is 0 Å². The van der Waals surface area contributed by atoms with Crippen LogP contribution in [0.5, 0.6) is 0 Å². The number of ether oxygens (including phenoxy) is 1. The molecule has 0 heterocycles. The standard InChI is InChI=1S/C11H19NO3/c1-6-11(4,5)10(14)12-7-15-9(13)8(2)3/h2,6-7H2,1,3-5H3,(H,12,14). The molecule has 1 amide bonds. The van der Waals surface area contributed by atoms with E-state index < -0.39 is 11.4 Å². The van der Waals surface area contributed by atoms with Crippen molar-refractivity contribution in [3.05, 3.63) is 12.2 Å². The van der Waals surface area contributed by atoms with Gasteiger partial charge in [-0.2, -0.15) is 0 Å². The van der Waals surface area contributed by atoms with Gasteiger partial charge in [-0.25, -0.2) is 4.79 Å². The fraction of sp³-hybridized carbons (Fsp3) is 0.636. The quantitative estimate of drug-likeness (QED) is 0.429. The van der Waals surface area contributed by atoms with Crippen LogP contribution in [0.1, 0.15) is 34.1 Å². The van der Waals surface area contributed by atoms with Gasteiger partial charge in [0.2, 0.25) is 5.91 Å². The maximum atomic E-state index is 11.5. The molecule has 0 aromatic heterocycles. The number of hydrogen-bond donors (Lipinski definition) is 1. The van der Waals surface area contributed by atoms with Gasteiger partial charge in [-0.3, -0.25) is 4.79 Å². The molecule has 0 fully saturated rings. The first-order chi connectivity index (χ1) is 6.81. The van der Waals surface area contributed by atoms with Crippen molar-refractivity contribution in [2.24, 2.45) is 5.41 Å². The van der Waals surface area contributed by atoms with Crippen molar-refractivity contribution in [3.63, 3.8) is 0 Å². The van der Waals surface area contributed by atoms with Crippen LogP contribution in [0.25, 0.3) is 0 Å². The van der Waals surface area contributed by atoms with Crippen LogP contribution in [0.3, 0.4) is 0 Å². The summed E-state index contributed by atoms with van der Waals surface area (Å²) in [4.78, 5) is 22.5. The summed E-state index contributed by atoms with van der Waals surface area (Å²) in [5, 5.41) is 2.54. The highest BCUT2D eigenvalue weighted by Gasteiger charge is 2.24. The average molecular weight is 213 g/mol. The zero-order valence-corrected chi connectivity index (χ0v) is 9.85. The predicted molar refractivity (Wildman–Crippen MR) is 58.0 cm³/mol. The van der Waals surface area contributed by atoms with E-state index in [4.69, 9.17) is 4.74 Å². The number of amides is 1. The second-order valence-electron chi connectivity index (χ2n) is 4.10. The van der Waals surface area contributed by atoms with Crippen LogP contribution in [0.4, 0.5) is 0 Å². The minimum atomic E-state index is -0.496. The summed E-state index contributed by atoms with van der Waals surface area (Å²) < 4.78 is 4.74. The van der Waals surface area contributed by atoms with Crippen molar-refractivity contribution in [2.75, 3.05) is 6.73 Å². The number of carbonyl (C=O) groups is 2. The zero-order chi connectivity index (χ0) is 12.1. The molecule has 0 aliphatic carbocycles. The van der Waals surface area contributed by atoms with Gasteiger partial charge < -0.3 is 10.1 Å². The summed E-state index contributed by atoms with van der Waals surface area (Å²) >= 11 is 0. The molecule has 0 spiro atoms. The molecule has 0 aliphatic heterocycles. The Hall–Kier alpha value is -1.32. The number of hydrogen-bond acceptors (Lipinski definition) is 3. The van der Waals surface area contributed by atoms with E-state index in [-0.39, 0.29) is 12.6 Å². The van der Waals surface area contributed by atoms with E-state index in [1.165, 1.54) is 0 Å². The lowest BCUT2D eigenvalue weighted by molar-refractivity contribution is -0.142. The predicted octanol–water partition coefficient (Wildman–Crippen LogP) is 1.62. The summed E-state index contributed by atoms with van der Waals surface area (Å²) in [5.74, 6) is -0.621. The summed E-state index contributed by atoms with van der Waals surface area (Å²) in [6, 6.07) is 0. The second-order valence-corrected chi connectivity index (χ2v) is 4.10. The van der Waals surface area contributed by atoms with Gasteiger partial charge >= 0.3 is 5.97 Å². The Morgan fingerprint density at radius 1 is 1.40 bits per heavy atom. The van der Waals surface area contributed by atoms with Crippen molar-refractivity contribution in [1.29, 1.82) is 0 Å². The van der Waals surface area contributed by atoms with E-state index in [2.05, 4.69) is 11.9 Å². The molecule has 0 aromatic carbocycles. The highest BCUT2D eigenvalue weighted by atomic mass is 16.5. The second kappa shape index (κ2) is 5.53. The van der Waals surface area contributed by atoms with Crippen LogP contribution in [0.15, 0.2) is 12.2 Å². The molecule has 0 bridgehead atoms. The molecule has 0 aliphatic rings. The SMILES string of the molecule is C=C(C)C(=O)OCNC(=O)C(C)(C)CC. The first-order valence-electron chi connectivity index (χ1n) is 4.92. The average Bonchev–Trinajstić information content (AvgIpc) is 2.17. The third-order valence-electron chi connectivity index (χ3n) is 2.28. The molecule has 86 valence electrons. The highest BCUT2D eigenvalue weighted by molar-refractivity contribution is 5.87. The van der Waals surface area contributed by atoms with Crippen LogP contribution in [0, 0.1) is 5.41 Å². The van der Waals surface area contributed by atoms with Gasteiger partial charge in [-0.15, -0.1) is 0 Å². The molecule has 0 saturated heterocycles. The Labute approximate surface area is 90.7 Å². The van der Waals surface area contributed by atoms with Crippen molar-refractivity contribution in [1.82, 2.24) is 5.32 Å². The van der Waals surface area contributed by atoms with Gasteiger partial charge in [0.15, 0.2) is 6.73 Å². The Morgan fingerprint density at radius 2 is 1.93 bits per heavy atom. The first kappa shape index (κ1) is 13.7. The van der Waals surface area contributed by atoms with Crippen molar-refractivity contribution < 1.29 is 14.3 Å². The molecule has 0 saturated carbocycles. The lowest BCUT2D eigenvalue weighted by atomic mass is 9.89. The van der Waals surface area contributed by atoms with Crippen LogP contribution in [-0.2, 0) is 14.3 Å². The third-order valence-corrected chi connectivity index (χ3v) is 2.28. The summed E-state index contributed by atoms with van der Waals surface area (Å²) in [6.45, 7) is 10.5. The minimum Gasteiger partial charge on any atom is -0.441 e. The Kier molecular flexibility index (Phi) is 5.05. The Bertz CT molecular complexity index is 269. The number of esters is 1. The zero-order valence-electron chi connectivity index (χ0n) is 9.85. The van der Waals surface area contributed by atoms with Gasteiger partial charge in [-0.05, 0) is 13.3 Å². The molecule has 1 N–H and O–H groups in total. The van der Waals surface area contributed by atoms with E-state index in [0.717, 1.165) is 6.42 Å². The van der Waals surface area contributed by atoms with Gasteiger partial charge in [0.1, 0.15) is 0 Å². The Morgan fingerprint density at radius 3 is 2.33 bits per heavy atom. The largest absolute Gasteiger partial charge is 0.441 e. The van der Waals surface area contributed by atoms with Crippen LogP contribution in [-0.4, -0.2) is 18.6 Å². The van der Waals surface area contributed by atoms with E-state index in [9.17, 15) is 9.59 Å². The lowest BCUT2D eigenvalue weighted by Crippen LogP contribution is -2.38. The maximum absolute atomic E-state index is 11.5. The molecule has 4 nitrogen and oxygen atoms in total. The topological polar surface area (TPSA) is 55.4 Å². The third kappa shape index (κ3) is 4.63. The van der Waals surface area contributed by atoms with Crippen LogP contribution < -0.4 is 5.32 Å². The monoisotopic (exact) mass is 213 g/mol. The van der Waals surface area contributed by atoms with Gasteiger partial charge in [0.25, 0.3) is 0 Å². The highest BCUT2D eigenvalue weighted by Crippen LogP contribution is 2.19. The van der Waals surface area contributed by atoms with Crippen molar-refractivity contribution in [2.45, 2.75) is 34.1 Å². The summed E-state index contributed by atoms with van der Waals surface area (Å²) in [5.41, 5.74) is -0.116. The molecule has 15 heavy (non-hydrogen) atoms. The molecular formula is C11H19NO3. The number of rotatable bonds is 5. The van der Waals surface area contributed by atoms with Crippen LogP contribution >= 0.6 is 0 Å². The lowest BCUT2D eigenvalue weighted by Gasteiger charge is -2.21. The number of carbonyl (C=O) groups excluding carboxylic acids is 2. The summed E-state index contributed by atoms with van der Waals surface area (Å²) in [7, 11) is 0. The molecule has 0 unspecified atom stereocenters. The molecule has 0 rings (SSSR count). The summed E-state index contributed by atoms with van der Waals surface area (Å²) in [6.07, 6.45) is 0.729. The van der Waals surface area contributed by atoms with Crippen molar-refractivity contribution >= 4 is 11.9 Å². The van der Waals surface area contributed by atoms with E-state index in [0.29, 0.717) is 5.57 Å². The van der Waals surface area contributed by atoms with Gasteiger partial charge in [-0.1, -0.05) is 27.4 Å². The maximum Gasteiger partial charge on any atom is 0.334 e. The smallest absolute Gasteiger partial charge is 0.334 e. The fourth-order valence-electron chi connectivity index (χ4n) is 0.690. The fourth-order valence-corrected chi connectivity index (χ4v) is 0.690. The van der Waals surface area contributed by atoms with Crippen molar-refractivity contribution in [3.8, 4) is 0 Å². The molecule has 0 radical (unpaired) electrons. The normalized spacial score (nSPS) is 10.7. The Balaban J connectivity index is 3.93. The van der Waals surface area contributed by atoms with Gasteiger partial charge in [0, 0.05) is 11.0 Å². The van der Waals surface area contributed by atoms with Gasteiger partial charge in [0.05, 0.1) is 0 Å². The minimum absolute atomic E-state index is 0.103. The van der Waals surface area contributed by atoms with E-state index in [1.54, 1.807) is 6.92 Å². The number of nitrogens with one attached hydrogen (secondary N) is 1. The van der Waals surface area contributed by atoms with E-state index >= 15 is 0 Å².